The number of rotatable bonds is 6. The van der Waals surface area contributed by atoms with Gasteiger partial charge in [0, 0.05) is 16.9 Å². The van der Waals surface area contributed by atoms with Crippen molar-refractivity contribution in [1.29, 1.82) is 0 Å². The molecule has 0 unspecified atom stereocenters. The lowest BCUT2D eigenvalue weighted by Gasteiger charge is -2.49. The van der Waals surface area contributed by atoms with Crippen molar-refractivity contribution >= 4 is 41.3 Å². The summed E-state index contributed by atoms with van der Waals surface area (Å²) in [5.41, 5.74) is 0.827. The number of aliphatic carboxylic acids is 1. The summed E-state index contributed by atoms with van der Waals surface area (Å²) in [6.45, 7) is 0. The first-order valence-corrected chi connectivity index (χ1v) is 10.7. The van der Waals surface area contributed by atoms with Gasteiger partial charge < -0.3 is 10.4 Å². The first kappa shape index (κ1) is 19.5. The number of nitrogens with zero attached hydrogens (tertiary/aromatic N) is 2. The zero-order valence-corrected chi connectivity index (χ0v) is 16.8. The first-order chi connectivity index (χ1) is 14.0. The van der Waals surface area contributed by atoms with Gasteiger partial charge in [-0.2, -0.15) is 0 Å². The highest BCUT2D eigenvalue weighted by atomic mass is 32.2. The summed E-state index contributed by atoms with van der Waals surface area (Å²) >= 11 is 2.69. The molecular weight excluding hydrogens is 410 g/mol. The highest BCUT2D eigenvalue weighted by Gasteiger charge is 2.54. The first-order valence-electron chi connectivity index (χ1n) is 8.88. The molecule has 1 aromatic heterocycles. The van der Waals surface area contributed by atoms with Gasteiger partial charge in [0.25, 0.3) is 5.91 Å². The third kappa shape index (κ3) is 4.01. The molecule has 0 spiro atoms. The van der Waals surface area contributed by atoms with Crippen molar-refractivity contribution in [2.45, 2.75) is 22.9 Å². The van der Waals surface area contributed by atoms with Crippen LogP contribution in [0.4, 0.5) is 0 Å². The molecule has 2 aliphatic heterocycles. The summed E-state index contributed by atoms with van der Waals surface area (Å²) in [5.74, 6) is -1.39. The zero-order valence-electron chi connectivity index (χ0n) is 15.1. The number of fused-ring (bicyclic) bond motifs is 1. The average molecular weight is 428 g/mol. The van der Waals surface area contributed by atoms with Gasteiger partial charge in [-0.05, 0) is 17.7 Å². The van der Waals surface area contributed by atoms with Gasteiger partial charge >= 0.3 is 5.97 Å². The highest BCUT2D eigenvalue weighted by molar-refractivity contribution is 8.06. The maximum atomic E-state index is 12.7. The van der Waals surface area contributed by atoms with Crippen LogP contribution < -0.4 is 5.32 Å². The molecule has 2 N–H and O–H groups in total. The second-order valence-electron chi connectivity index (χ2n) is 6.46. The lowest BCUT2D eigenvalue weighted by molar-refractivity contribution is -0.150. The Balaban J connectivity index is 1.48. The number of carbonyl (C=O) groups excluding carboxylic acids is 2. The van der Waals surface area contributed by atoms with E-state index in [2.05, 4.69) is 10.3 Å². The van der Waals surface area contributed by atoms with Crippen LogP contribution in [0.2, 0.25) is 0 Å². The van der Waals surface area contributed by atoms with Crippen LogP contribution in [0, 0.1) is 0 Å². The number of aromatic nitrogens is 1. The van der Waals surface area contributed by atoms with E-state index >= 15 is 0 Å². The summed E-state index contributed by atoms with van der Waals surface area (Å²) in [6, 6.07) is 13.9. The van der Waals surface area contributed by atoms with Crippen molar-refractivity contribution in [3.8, 4) is 0 Å². The van der Waals surface area contributed by atoms with Crippen LogP contribution in [-0.4, -0.2) is 49.9 Å². The lowest BCUT2D eigenvalue weighted by Crippen LogP contribution is -2.70. The topological polar surface area (TPSA) is 99.6 Å². The Morgan fingerprint density at radius 2 is 1.97 bits per heavy atom. The number of hydrogen-bond acceptors (Lipinski definition) is 6. The standard InChI is InChI=1S/C20H17N3O4S2/c24-14(10-12-6-2-1-3-7-12)22-16-18(25)23-17(20(26)27)13(11-28-19(16)23)29-15-8-4-5-9-21-15/h1-9,16,19H,10-11H2,(H,22,24)(H,26,27)/t16-,19-/m1/s1. The lowest BCUT2D eigenvalue weighted by atomic mass is 10.0. The minimum atomic E-state index is -1.16. The second kappa shape index (κ2) is 8.30. The fourth-order valence-corrected chi connectivity index (χ4v) is 5.64. The smallest absolute Gasteiger partial charge is 0.353 e. The predicted molar refractivity (Wildman–Crippen MR) is 110 cm³/mol. The van der Waals surface area contributed by atoms with Crippen molar-refractivity contribution in [2.75, 3.05) is 5.75 Å². The number of hydrogen-bond donors (Lipinski definition) is 2. The third-order valence-electron chi connectivity index (χ3n) is 4.53. The molecule has 7 nitrogen and oxygen atoms in total. The van der Waals surface area contributed by atoms with Gasteiger partial charge in [-0.25, -0.2) is 9.78 Å². The molecule has 0 bridgehead atoms. The summed E-state index contributed by atoms with van der Waals surface area (Å²) in [6.07, 6.45) is 1.81. The number of carboxylic acids is 1. The second-order valence-corrected chi connectivity index (χ2v) is 8.68. The van der Waals surface area contributed by atoms with Gasteiger partial charge in [-0.3, -0.25) is 14.5 Å². The van der Waals surface area contributed by atoms with Gasteiger partial charge in [0.15, 0.2) is 0 Å². The molecule has 1 fully saturated rings. The van der Waals surface area contributed by atoms with E-state index in [4.69, 9.17) is 0 Å². The molecule has 3 heterocycles. The normalized spacial score (nSPS) is 20.7. The van der Waals surface area contributed by atoms with E-state index in [1.54, 1.807) is 18.3 Å². The van der Waals surface area contributed by atoms with Crippen molar-refractivity contribution in [3.05, 3.63) is 70.9 Å². The largest absolute Gasteiger partial charge is 0.477 e. The predicted octanol–water partition coefficient (Wildman–Crippen LogP) is 2.11. The molecular formula is C20H17N3O4S2. The van der Waals surface area contributed by atoms with Crippen LogP contribution in [0.1, 0.15) is 5.56 Å². The van der Waals surface area contributed by atoms with Crippen LogP contribution >= 0.6 is 23.5 Å². The van der Waals surface area contributed by atoms with Crippen LogP contribution in [-0.2, 0) is 20.8 Å². The number of nitrogens with one attached hydrogen (secondary N) is 1. The molecule has 1 saturated heterocycles. The molecule has 148 valence electrons. The van der Waals surface area contributed by atoms with Gasteiger partial charge in [-0.1, -0.05) is 48.2 Å². The molecule has 2 aromatic rings. The minimum absolute atomic E-state index is 0.0250. The maximum Gasteiger partial charge on any atom is 0.353 e. The molecule has 2 amide bonds. The van der Waals surface area contributed by atoms with Crippen LogP contribution in [0.3, 0.4) is 0 Å². The summed E-state index contributed by atoms with van der Waals surface area (Å²) in [7, 11) is 0. The Morgan fingerprint density at radius 1 is 1.21 bits per heavy atom. The minimum Gasteiger partial charge on any atom is -0.477 e. The fraction of sp³-hybridized carbons (Fsp3) is 0.200. The SMILES string of the molecule is O=C(Cc1ccccc1)N[C@@H]1C(=O)N2C(C(=O)O)=C(Sc3ccccn3)CS[C@H]12. The summed E-state index contributed by atoms with van der Waals surface area (Å²) in [4.78, 5) is 42.9. The van der Waals surface area contributed by atoms with Crippen molar-refractivity contribution in [3.63, 3.8) is 0 Å². The van der Waals surface area contributed by atoms with E-state index in [1.165, 1.54) is 28.4 Å². The number of pyridine rings is 1. The zero-order chi connectivity index (χ0) is 20.4. The van der Waals surface area contributed by atoms with E-state index in [0.717, 1.165) is 5.56 Å². The number of carbonyl (C=O) groups is 3. The van der Waals surface area contributed by atoms with Gasteiger partial charge in [-0.15, -0.1) is 11.8 Å². The van der Waals surface area contributed by atoms with E-state index < -0.39 is 23.3 Å². The number of β-lactam (4-membered cyclic amide) rings is 1. The molecule has 4 rings (SSSR count). The summed E-state index contributed by atoms with van der Waals surface area (Å²) < 4.78 is 0. The molecule has 0 radical (unpaired) electrons. The number of thioether (sulfide) groups is 2. The third-order valence-corrected chi connectivity index (χ3v) is 7.02. The molecule has 9 heteroatoms. The van der Waals surface area contributed by atoms with Crippen molar-refractivity contribution < 1.29 is 19.5 Å². The molecule has 2 aliphatic rings. The molecule has 2 atom stereocenters. The molecule has 1 aromatic carbocycles. The number of benzene rings is 1. The highest BCUT2D eigenvalue weighted by Crippen LogP contribution is 2.44. The van der Waals surface area contributed by atoms with Crippen LogP contribution in [0.5, 0.6) is 0 Å². The van der Waals surface area contributed by atoms with Crippen LogP contribution in [0.25, 0.3) is 0 Å². The van der Waals surface area contributed by atoms with E-state index in [9.17, 15) is 19.5 Å². The van der Waals surface area contributed by atoms with Crippen LogP contribution in [0.15, 0.2) is 70.4 Å². The van der Waals surface area contributed by atoms with Crippen molar-refractivity contribution in [1.82, 2.24) is 15.2 Å². The molecule has 29 heavy (non-hydrogen) atoms. The Bertz CT molecular complexity index is 982. The van der Waals surface area contributed by atoms with Gasteiger partial charge in [0.05, 0.1) is 6.42 Å². The summed E-state index contributed by atoms with van der Waals surface area (Å²) in [5, 5.41) is 12.7. The van der Waals surface area contributed by atoms with Gasteiger partial charge in [0.1, 0.15) is 22.1 Å². The Morgan fingerprint density at radius 3 is 2.66 bits per heavy atom. The fourth-order valence-electron chi connectivity index (χ4n) is 3.21. The quantitative estimate of drug-likeness (QED) is 0.681. The Hall–Kier alpha value is -2.78. The number of carboxylic acid groups (broad SMARTS) is 1. The monoisotopic (exact) mass is 427 g/mol. The van der Waals surface area contributed by atoms with Crippen molar-refractivity contribution in [2.24, 2.45) is 0 Å². The Kier molecular flexibility index (Phi) is 5.59. The van der Waals surface area contributed by atoms with E-state index in [1.807, 2.05) is 36.4 Å². The maximum absolute atomic E-state index is 12.7. The van der Waals surface area contributed by atoms with E-state index in [-0.39, 0.29) is 18.0 Å². The molecule has 0 saturated carbocycles. The number of amides is 2. The molecule has 0 aliphatic carbocycles. The Labute approximate surface area is 175 Å². The van der Waals surface area contributed by atoms with Gasteiger partial charge in [0.2, 0.25) is 5.91 Å². The average Bonchev–Trinajstić information content (AvgIpc) is 2.73. The van der Waals surface area contributed by atoms with E-state index in [0.29, 0.717) is 15.7 Å².